The maximum absolute atomic E-state index is 11.0. The standard InChI is InChI=1S/C12H13Cl2NO/c1-7(2)15-5-10(6-16)11(8(3)13)12(15)9(4)14/h5-7H,3-4H2,1-2H3. The normalized spacial score (nSPS) is 10.6. The molecule has 0 amide bonds. The molecule has 0 unspecified atom stereocenters. The summed E-state index contributed by atoms with van der Waals surface area (Å²) in [5, 5.41) is 0.636. The second-order valence-corrected chi connectivity index (χ2v) is 4.65. The molecular formula is C12H13Cl2NO. The van der Waals surface area contributed by atoms with Gasteiger partial charge in [-0.3, -0.25) is 4.79 Å². The highest BCUT2D eigenvalue weighted by Gasteiger charge is 2.19. The lowest BCUT2D eigenvalue weighted by Crippen LogP contribution is -2.03. The summed E-state index contributed by atoms with van der Waals surface area (Å²) >= 11 is 11.8. The van der Waals surface area contributed by atoms with Gasteiger partial charge < -0.3 is 4.57 Å². The van der Waals surface area contributed by atoms with Crippen molar-refractivity contribution in [3.63, 3.8) is 0 Å². The fraction of sp³-hybridized carbons (Fsp3) is 0.250. The molecule has 0 spiro atoms. The first-order chi connectivity index (χ1) is 7.40. The smallest absolute Gasteiger partial charge is 0.152 e. The number of hydrogen-bond donors (Lipinski definition) is 0. The highest BCUT2D eigenvalue weighted by molar-refractivity contribution is 6.52. The van der Waals surface area contributed by atoms with E-state index in [1.54, 1.807) is 6.20 Å². The Kier molecular flexibility index (Phi) is 4.00. The fourth-order valence-corrected chi connectivity index (χ4v) is 1.99. The van der Waals surface area contributed by atoms with Gasteiger partial charge in [0.05, 0.1) is 10.7 Å². The van der Waals surface area contributed by atoms with Gasteiger partial charge in [0.15, 0.2) is 6.29 Å². The first kappa shape index (κ1) is 13.1. The number of carbonyl (C=O) groups is 1. The summed E-state index contributed by atoms with van der Waals surface area (Å²) in [6.07, 6.45) is 2.45. The molecule has 0 aliphatic carbocycles. The maximum Gasteiger partial charge on any atom is 0.152 e. The largest absolute Gasteiger partial charge is 0.343 e. The molecule has 1 aromatic heterocycles. The summed E-state index contributed by atoms with van der Waals surface area (Å²) in [5.74, 6) is 0. The first-order valence-electron chi connectivity index (χ1n) is 4.79. The minimum Gasteiger partial charge on any atom is -0.343 e. The van der Waals surface area contributed by atoms with Crippen LogP contribution in [0.4, 0.5) is 0 Å². The molecule has 0 N–H and O–H groups in total. The summed E-state index contributed by atoms with van der Waals surface area (Å²) in [6, 6.07) is 0.161. The van der Waals surface area contributed by atoms with Gasteiger partial charge in [0.1, 0.15) is 0 Å². The predicted octanol–water partition coefficient (Wildman–Crippen LogP) is 4.30. The molecule has 0 bridgehead atoms. The monoisotopic (exact) mass is 257 g/mol. The lowest BCUT2D eigenvalue weighted by Gasteiger charge is -2.13. The third kappa shape index (κ3) is 2.23. The average Bonchev–Trinajstić information content (AvgIpc) is 2.56. The van der Waals surface area contributed by atoms with Gasteiger partial charge in [-0.05, 0) is 13.8 Å². The molecule has 16 heavy (non-hydrogen) atoms. The summed E-state index contributed by atoms with van der Waals surface area (Å²) in [5.41, 5.74) is 1.69. The van der Waals surface area contributed by atoms with Crippen molar-refractivity contribution in [3.8, 4) is 0 Å². The van der Waals surface area contributed by atoms with E-state index in [0.717, 1.165) is 6.29 Å². The Balaban J connectivity index is 3.61. The van der Waals surface area contributed by atoms with Crippen LogP contribution in [0.3, 0.4) is 0 Å². The summed E-state index contributed by atoms with van der Waals surface area (Å²) < 4.78 is 1.86. The van der Waals surface area contributed by atoms with Crippen molar-refractivity contribution in [2.24, 2.45) is 0 Å². The second-order valence-electron chi connectivity index (χ2n) is 3.74. The van der Waals surface area contributed by atoms with Crippen LogP contribution in [0.1, 0.15) is 41.5 Å². The molecule has 86 valence electrons. The Bertz CT molecular complexity index is 458. The van der Waals surface area contributed by atoms with E-state index in [9.17, 15) is 4.79 Å². The molecular weight excluding hydrogens is 245 g/mol. The lowest BCUT2D eigenvalue weighted by molar-refractivity contribution is 0.112. The molecule has 0 aromatic carbocycles. The van der Waals surface area contributed by atoms with Crippen molar-refractivity contribution in [1.82, 2.24) is 4.57 Å². The Labute approximate surface area is 105 Å². The summed E-state index contributed by atoms with van der Waals surface area (Å²) in [4.78, 5) is 11.0. The Morgan fingerprint density at radius 1 is 1.38 bits per heavy atom. The van der Waals surface area contributed by atoms with Gasteiger partial charge in [-0.1, -0.05) is 36.4 Å². The SMILES string of the molecule is C=C(Cl)c1c(C=O)cn(C(C)C)c1C(=C)Cl. The van der Waals surface area contributed by atoms with Crippen LogP contribution in [0.5, 0.6) is 0 Å². The second kappa shape index (κ2) is 4.89. The Hall–Kier alpha value is -0.990. The van der Waals surface area contributed by atoms with Crippen LogP contribution in [0.25, 0.3) is 10.1 Å². The molecule has 4 heteroatoms. The minimum absolute atomic E-state index is 0.161. The van der Waals surface area contributed by atoms with E-state index < -0.39 is 0 Å². The van der Waals surface area contributed by atoms with Crippen LogP contribution in [-0.4, -0.2) is 10.9 Å². The fourth-order valence-electron chi connectivity index (χ4n) is 1.60. The molecule has 0 fully saturated rings. The molecule has 1 rings (SSSR count). The quantitative estimate of drug-likeness (QED) is 0.738. The number of aldehydes is 1. The van der Waals surface area contributed by atoms with Crippen LogP contribution >= 0.6 is 23.2 Å². The third-order valence-corrected chi connectivity index (χ3v) is 2.64. The van der Waals surface area contributed by atoms with Gasteiger partial charge in [-0.2, -0.15) is 0 Å². The van der Waals surface area contributed by atoms with E-state index in [1.165, 1.54) is 0 Å². The number of aromatic nitrogens is 1. The number of hydrogen-bond acceptors (Lipinski definition) is 1. The zero-order chi connectivity index (χ0) is 12.5. The van der Waals surface area contributed by atoms with E-state index >= 15 is 0 Å². The van der Waals surface area contributed by atoms with Gasteiger partial charge >= 0.3 is 0 Å². The molecule has 0 radical (unpaired) electrons. The van der Waals surface area contributed by atoms with Crippen LogP contribution in [0, 0.1) is 0 Å². The van der Waals surface area contributed by atoms with E-state index in [2.05, 4.69) is 13.2 Å². The summed E-state index contributed by atoms with van der Waals surface area (Å²) in [7, 11) is 0. The molecule has 0 atom stereocenters. The van der Waals surface area contributed by atoms with E-state index in [4.69, 9.17) is 23.2 Å². The third-order valence-electron chi connectivity index (χ3n) is 2.27. The van der Waals surface area contributed by atoms with Gasteiger partial charge in [0.25, 0.3) is 0 Å². The topological polar surface area (TPSA) is 22.0 Å². The number of halogens is 2. The highest BCUT2D eigenvalue weighted by atomic mass is 35.5. The minimum atomic E-state index is 0.161. The van der Waals surface area contributed by atoms with Crippen LogP contribution in [0.15, 0.2) is 19.4 Å². The number of carbonyl (C=O) groups excluding carboxylic acids is 1. The molecule has 2 nitrogen and oxygen atoms in total. The maximum atomic E-state index is 11.0. The van der Waals surface area contributed by atoms with Crippen molar-refractivity contribution < 1.29 is 4.79 Å². The van der Waals surface area contributed by atoms with Gasteiger partial charge in [-0.15, -0.1) is 0 Å². The first-order valence-corrected chi connectivity index (χ1v) is 5.55. The van der Waals surface area contributed by atoms with Gasteiger partial charge in [0, 0.05) is 28.4 Å². The van der Waals surface area contributed by atoms with Crippen molar-refractivity contribution in [3.05, 3.63) is 36.2 Å². The van der Waals surface area contributed by atoms with E-state index in [-0.39, 0.29) is 6.04 Å². The van der Waals surface area contributed by atoms with E-state index in [1.807, 2.05) is 18.4 Å². The zero-order valence-corrected chi connectivity index (χ0v) is 10.8. The molecule has 1 aromatic rings. The van der Waals surface area contributed by atoms with Crippen LogP contribution in [-0.2, 0) is 0 Å². The molecule has 0 saturated carbocycles. The van der Waals surface area contributed by atoms with Crippen LogP contribution in [0.2, 0.25) is 0 Å². The predicted molar refractivity (Wildman–Crippen MR) is 70.0 cm³/mol. The van der Waals surface area contributed by atoms with Gasteiger partial charge in [0.2, 0.25) is 0 Å². The molecule has 0 aliphatic rings. The highest BCUT2D eigenvalue weighted by Crippen LogP contribution is 2.33. The van der Waals surface area contributed by atoms with Crippen molar-refractivity contribution in [1.29, 1.82) is 0 Å². The van der Waals surface area contributed by atoms with Crippen LogP contribution < -0.4 is 0 Å². The molecule has 1 heterocycles. The zero-order valence-electron chi connectivity index (χ0n) is 9.26. The molecule has 0 saturated heterocycles. The van der Waals surface area contributed by atoms with Gasteiger partial charge in [-0.25, -0.2) is 0 Å². The van der Waals surface area contributed by atoms with Crippen molar-refractivity contribution in [2.45, 2.75) is 19.9 Å². The average molecular weight is 258 g/mol. The van der Waals surface area contributed by atoms with Crippen molar-refractivity contribution >= 4 is 39.6 Å². The number of rotatable bonds is 4. The Morgan fingerprint density at radius 3 is 2.25 bits per heavy atom. The lowest BCUT2D eigenvalue weighted by atomic mass is 10.1. The summed E-state index contributed by atoms with van der Waals surface area (Å²) in [6.45, 7) is 11.3. The van der Waals surface area contributed by atoms with Crippen molar-refractivity contribution in [2.75, 3.05) is 0 Å². The Morgan fingerprint density at radius 2 is 1.94 bits per heavy atom. The molecule has 0 aliphatic heterocycles. The number of nitrogens with zero attached hydrogens (tertiary/aromatic N) is 1. The van der Waals surface area contributed by atoms with E-state index in [0.29, 0.717) is 26.9 Å².